The first-order valence-corrected chi connectivity index (χ1v) is 7.26. The fourth-order valence-electron chi connectivity index (χ4n) is 2.29. The second-order valence-corrected chi connectivity index (χ2v) is 5.45. The molecule has 0 unspecified atom stereocenters. The number of hydrogen-bond acceptors (Lipinski definition) is 4. The number of benzene rings is 1. The zero-order valence-electron chi connectivity index (χ0n) is 11.8. The van der Waals surface area contributed by atoms with E-state index in [0.717, 1.165) is 16.7 Å². The zero-order chi connectivity index (χ0) is 14.9. The van der Waals surface area contributed by atoms with Crippen molar-refractivity contribution in [2.45, 2.75) is 18.9 Å². The van der Waals surface area contributed by atoms with Gasteiger partial charge in [-0.2, -0.15) is 5.10 Å². The molecule has 6 nitrogen and oxygen atoms in total. The van der Waals surface area contributed by atoms with E-state index in [9.17, 15) is 4.79 Å². The molecule has 0 bridgehead atoms. The van der Waals surface area contributed by atoms with Crippen LogP contribution in [0.3, 0.4) is 0 Å². The molecule has 1 fully saturated rings. The molecule has 2 aromatic heterocycles. The lowest BCUT2D eigenvalue weighted by molar-refractivity contribution is 0.102. The van der Waals surface area contributed by atoms with Crippen LogP contribution in [0.5, 0.6) is 0 Å². The van der Waals surface area contributed by atoms with Crippen molar-refractivity contribution in [3.8, 4) is 0 Å². The summed E-state index contributed by atoms with van der Waals surface area (Å²) in [5, 5.41) is 14.0. The first-order chi connectivity index (χ1) is 10.8. The Balaban J connectivity index is 1.53. The fraction of sp³-hybridized carbons (Fsp3) is 0.188. The number of aromatic nitrogens is 3. The van der Waals surface area contributed by atoms with Gasteiger partial charge in [-0.05, 0) is 43.2 Å². The highest BCUT2D eigenvalue weighted by molar-refractivity contribution is 6.03. The van der Waals surface area contributed by atoms with Gasteiger partial charge >= 0.3 is 0 Å². The number of aromatic amines is 1. The average molecular weight is 293 g/mol. The van der Waals surface area contributed by atoms with Crippen molar-refractivity contribution in [3.63, 3.8) is 0 Å². The SMILES string of the molecule is O=C(Nc1ccc2cn[nH]c2c1)c1cccc(NC2CC2)n1. The molecule has 1 aromatic carbocycles. The Morgan fingerprint density at radius 1 is 1.23 bits per heavy atom. The third kappa shape index (κ3) is 2.63. The molecular weight excluding hydrogens is 278 g/mol. The predicted octanol–water partition coefficient (Wildman–Crippen LogP) is 2.78. The van der Waals surface area contributed by atoms with Gasteiger partial charge in [0.2, 0.25) is 0 Å². The van der Waals surface area contributed by atoms with E-state index in [1.807, 2.05) is 30.3 Å². The molecule has 0 radical (unpaired) electrons. The minimum atomic E-state index is -0.224. The molecule has 110 valence electrons. The largest absolute Gasteiger partial charge is 0.367 e. The van der Waals surface area contributed by atoms with Crippen molar-refractivity contribution in [2.24, 2.45) is 0 Å². The van der Waals surface area contributed by atoms with E-state index in [1.165, 1.54) is 12.8 Å². The summed E-state index contributed by atoms with van der Waals surface area (Å²) in [7, 11) is 0. The lowest BCUT2D eigenvalue weighted by atomic mass is 10.2. The maximum Gasteiger partial charge on any atom is 0.274 e. The molecule has 1 saturated carbocycles. The Morgan fingerprint density at radius 2 is 2.14 bits per heavy atom. The molecule has 0 saturated heterocycles. The van der Waals surface area contributed by atoms with Crippen LogP contribution in [0, 0.1) is 0 Å². The summed E-state index contributed by atoms with van der Waals surface area (Å²) in [5.41, 5.74) is 1.99. The maximum atomic E-state index is 12.3. The van der Waals surface area contributed by atoms with Crippen LogP contribution in [-0.2, 0) is 0 Å². The molecular formula is C16H15N5O. The minimum Gasteiger partial charge on any atom is -0.367 e. The van der Waals surface area contributed by atoms with Gasteiger partial charge in [-0.1, -0.05) is 6.07 Å². The Morgan fingerprint density at radius 3 is 3.00 bits per heavy atom. The van der Waals surface area contributed by atoms with Crippen molar-refractivity contribution in [1.29, 1.82) is 0 Å². The van der Waals surface area contributed by atoms with Crippen LogP contribution in [0.25, 0.3) is 10.9 Å². The molecule has 2 heterocycles. The molecule has 3 aromatic rings. The summed E-state index contributed by atoms with van der Waals surface area (Å²) >= 11 is 0. The number of fused-ring (bicyclic) bond motifs is 1. The number of amides is 1. The number of nitrogens with one attached hydrogen (secondary N) is 3. The van der Waals surface area contributed by atoms with Crippen LogP contribution in [0.2, 0.25) is 0 Å². The van der Waals surface area contributed by atoms with Crippen LogP contribution in [-0.4, -0.2) is 27.1 Å². The van der Waals surface area contributed by atoms with Gasteiger partial charge in [0.25, 0.3) is 5.91 Å². The number of anilines is 2. The van der Waals surface area contributed by atoms with Crippen molar-refractivity contribution >= 4 is 28.3 Å². The fourth-order valence-corrected chi connectivity index (χ4v) is 2.29. The van der Waals surface area contributed by atoms with E-state index < -0.39 is 0 Å². The Hall–Kier alpha value is -2.89. The number of carbonyl (C=O) groups excluding carboxylic acids is 1. The second kappa shape index (κ2) is 5.14. The molecule has 0 spiro atoms. The van der Waals surface area contributed by atoms with Gasteiger partial charge < -0.3 is 10.6 Å². The second-order valence-electron chi connectivity index (χ2n) is 5.45. The summed E-state index contributed by atoms with van der Waals surface area (Å²) in [6.45, 7) is 0. The maximum absolute atomic E-state index is 12.3. The Kier molecular flexibility index (Phi) is 3.00. The monoisotopic (exact) mass is 293 g/mol. The standard InChI is InChI=1S/C16H15N5O/c22-16(13-2-1-3-15(20-13)18-11-6-7-11)19-12-5-4-10-9-17-21-14(10)8-12/h1-5,8-9,11H,6-7H2,(H,17,21)(H,18,20)(H,19,22). The predicted molar refractivity (Wildman–Crippen MR) is 84.9 cm³/mol. The van der Waals surface area contributed by atoms with Gasteiger partial charge in [-0.15, -0.1) is 0 Å². The Labute approximate surface area is 127 Å². The lowest BCUT2D eigenvalue weighted by Crippen LogP contribution is -2.15. The molecule has 6 heteroatoms. The number of rotatable bonds is 4. The van der Waals surface area contributed by atoms with Gasteiger partial charge in [0.05, 0.1) is 11.7 Å². The van der Waals surface area contributed by atoms with E-state index in [4.69, 9.17) is 0 Å². The van der Waals surface area contributed by atoms with E-state index in [2.05, 4.69) is 25.8 Å². The summed E-state index contributed by atoms with van der Waals surface area (Å²) < 4.78 is 0. The molecule has 4 rings (SSSR count). The lowest BCUT2D eigenvalue weighted by Gasteiger charge is -2.07. The van der Waals surface area contributed by atoms with Crippen molar-refractivity contribution in [2.75, 3.05) is 10.6 Å². The topological polar surface area (TPSA) is 82.7 Å². The van der Waals surface area contributed by atoms with Crippen molar-refractivity contribution in [3.05, 3.63) is 48.3 Å². The summed E-state index contributed by atoms with van der Waals surface area (Å²) in [6.07, 6.45) is 4.08. The number of H-pyrrole nitrogens is 1. The van der Waals surface area contributed by atoms with Gasteiger partial charge in [0.1, 0.15) is 11.5 Å². The van der Waals surface area contributed by atoms with Crippen LogP contribution in [0.4, 0.5) is 11.5 Å². The molecule has 0 atom stereocenters. The summed E-state index contributed by atoms with van der Waals surface area (Å²) in [5.74, 6) is 0.525. The van der Waals surface area contributed by atoms with E-state index >= 15 is 0 Å². The van der Waals surface area contributed by atoms with Crippen LogP contribution >= 0.6 is 0 Å². The smallest absolute Gasteiger partial charge is 0.274 e. The zero-order valence-corrected chi connectivity index (χ0v) is 11.8. The van der Waals surface area contributed by atoms with Gasteiger partial charge in [0.15, 0.2) is 0 Å². The third-order valence-corrected chi connectivity index (χ3v) is 3.61. The summed E-state index contributed by atoms with van der Waals surface area (Å²) in [6, 6.07) is 11.5. The number of carbonyl (C=O) groups is 1. The Bertz CT molecular complexity index is 837. The van der Waals surface area contributed by atoms with Gasteiger partial charge in [-0.3, -0.25) is 9.89 Å². The minimum absolute atomic E-state index is 0.224. The van der Waals surface area contributed by atoms with E-state index in [0.29, 0.717) is 17.4 Å². The normalized spacial score (nSPS) is 14.0. The summed E-state index contributed by atoms with van der Waals surface area (Å²) in [4.78, 5) is 16.7. The van der Waals surface area contributed by atoms with Crippen molar-refractivity contribution < 1.29 is 4.79 Å². The number of hydrogen-bond donors (Lipinski definition) is 3. The highest BCUT2D eigenvalue weighted by atomic mass is 16.1. The highest BCUT2D eigenvalue weighted by Gasteiger charge is 2.21. The van der Waals surface area contributed by atoms with E-state index in [1.54, 1.807) is 12.3 Å². The molecule has 22 heavy (non-hydrogen) atoms. The number of nitrogens with zero attached hydrogens (tertiary/aromatic N) is 2. The van der Waals surface area contributed by atoms with Crippen LogP contribution < -0.4 is 10.6 Å². The van der Waals surface area contributed by atoms with Crippen LogP contribution in [0.15, 0.2) is 42.6 Å². The molecule has 1 aliphatic rings. The quantitative estimate of drug-likeness (QED) is 0.690. The highest BCUT2D eigenvalue weighted by Crippen LogP contribution is 2.23. The molecule has 1 aliphatic carbocycles. The molecule has 0 aliphatic heterocycles. The first-order valence-electron chi connectivity index (χ1n) is 7.26. The number of pyridine rings is 1. The van der Waals surface area contributed by atoms with E-state index in [-0.39, 0.29) is 5.91 Å². The first kappa shape index (κ1) is 12.8. The van der Waals surface area contributed by atoms with Crippen LogP contribution in [0.1, 0.15) is 23.3 Å². The van der Waals surface area contributed by atoms with Gasteiger partial charge in [-0.25, -0.2) is 4.98 Å². The molecule has 1 amide bonds. The average Bonchev–Trinajstić information content (AvgIpc) is 3.22. The van der Waals surface area contributed by atoms with Gasteiger partial charge in [0, 0.05) is 17.1 Å². The molecule has 3 N–H and O–H groups in total. The van der Waals surface area contributed by atoms with Crippen molar-refractivity contribution in [1.82, 2.24) is 15.2 Å². The third-order valence-electron chi connectivity index (χ3n) is 3.61.